The summed E-state index contributed by atoms with van der Waals surface area (Å²) in [5.74, 6) is 1.54. The molecule has 2 aromatic rings. The highest BCUT2D eigenvalue weighted by Crippen LogP contribution is 2.38. The number of rotatable bonds is 6. The maximum atomic E-state index is 12.6. The first kappa shape index (κ1) is 20.2. The molecule has 3 rings (SSSR count). The van der Waals surface area contributed by atoms with Gasteiger partial charge in [0.1, 0.15) is 6.54 Å². The molecule has 0 aliphatic carbocycles. The summed E-state index contributed by atoms with van der Waals surface area (Å²) in [6.45, 7) is 2.52. The minimum absolute atomic E-state index is 0.0841. The molecule has 1 heterocycles. The summed E-state index contributed by atoms with van der Waals surface area (Å²) in [4.78, 5) is 16.0. The molecule has 0 saturated carbocycles. The lowest BCUT2D eigenvalue weighted by molar-refractivity contribution is -0.116. The molecule has 0 unspecified atom stereocenters. The van der Waals surface area contributed by atoms with Crippen molar-refractivity contribution in [2.45, 2.75) is 13.5 Å². The van der Waals surface area contributed by atoms with E-state index in [1.807, 2.05) is 30.0 Å². The summed E-state index contributed by atoms with van der Waals surface area (Å²) >= 11 is 11.7. The molecule has 0 radical (unpaired) electrons. The van der Waals surface area contributed by atoms with Gasteiger partial charge in [0.2, 0.25) is 5.75 Å². The Morgan fingerprint density at radius 2 is 1.71 bits per heavy atom. The van der Waals surface area contributed by atoms with E-state index in [0.29, 0.717) is 39.6 Å². The van der Waals surface area contributed by atoms with Crippen LogP contribution >= 0.6 is 23.8 Å². The molecule has 8 heteroatoms. The van der Waals surface area contributed by atoms with Gasteiger partial charge in [0.15, 0.2) is 16.6 Å². The van der Waals surface area contributed by atoms with Gasteiger partial charge in [0.05, 0.1) is 27.0 Å². The third-order valence-electron chi connectivity index (χ3n) is 4.54. The van der Waals surface area contributed by atoms with Crippen LogP contribution in [-0.4, -0.2) is 43.8 Å². The molecule has 1 fully saturated rings. The first-order chi connectivity index (χ1) is 13.4. The van der Waals surface area contributed by atoms with Crippen LogP contribution in [0.4, 0.5) is 5.69 Å². The fourth-order valence-electron chi connectivity index (χ4n) is 3.14. The lowest BCUT2D eigenvalue weighted by Gasteiger charge is -2.22. The van der Waals surface area contributed by atoms with E-state index < -0.39 is 0 Å². The third kappa shape index (κ3) is 3.72. The quantitative estimate of drug-likeness (QED) is 0.662. The molecule has 0 aromatic heterocycles. The van der Waals surface area contributed by atoms with E-state index in [-0.39, 0.29) is 12.5 Å². The number of methoxy groups -OCH3 is 3. The Labute approximate surface area is 174 Å². The number of halogens is 1. The van der Waals surface area contributed by atoms with E-state index in [4.69, 9.17) is 38.0 Å². The Kier molecular flexibility index (Phi) is 5.96. The van der Waals surface area contributed by atoms with Gasteiger partial charge < -0.3 is 19.1 Å². The topological polar surface area (TPSA) is 51.2 Å². The third-order valence-corrected chi connectivity index (χ3v) is 5.40. The molecule has 0 bridgehead atoms. The second kappa shape index (κ2) is 8.24. The van der Waals surface area contributed by atoms with Crippen molar-refractivity contribution in [3.05, 3.63) is 46.5 Å². The number of aryl methyl sites for hydroxylation is 1. The van der Waals surface area contributed by atoms with Gasteiger partial charge in [-0.05, 0) is 60.6 Å². The summed E-state index contributed by atoms with van der Waals surface area (Å²) in [6, 6.07) is 9.12. The molecular weight excluding hydrogens is 400 g/mol. The molecule has 1 aliphatic heterocycles. The van der Waals surface area contributed by atoms with Gasteiger partial charge in [-0.25, -0.2) is 0 Å². The van der Waals surface area contributed by atoms with Crippen LogP contribution in [0.1, 0.15) is 11.1 Å². The standard InChI is InChI=1S/C20H21ClN2O4S/c1-12-7-14(5-6-15(12)21)23-18(24)11-22(20(23)28)10-13-8-16(25-2)19(27-4)17(9-13)26-3/h5-9H,10-11H2,1-4H3. The largest absolute Gasteiger partial charge is 0.493 e. The summed E-state index contributed by atoms with van der Waals surface area (Å²) in [7, 11) is 4.69. The van der Waals surface area contributed by atoms with Crippen molar-refractivity contribution in [2.75, 3.05) is 32.8 Å². The monoisotopic (exact) mass is 420 g/mol. The molecule has 1 saturated heterocycles. The number of thiocarbonyl (C=S) groups is 1. The zero-order valence-corrected chi connectivity index (χ0v) is 17.7. The molecule has 1 aliphatic rings. The normalized spacial score (nSPS) is 13.9. The van der Waals surface area contributed by atoms with Crippen LogP contribution < -0.4 is 19.1 Å². The molecule has 148 valence electrons. The van der Waals surface area contributed by atoms with Crippen molar-refractivity contribution in [3.63, 3.8) is 0 Å². The highest BCUT2D eigenvalue weighted by Gasteiger charge is 2.34. The molecule has 0 atom stereocenters. The van der Waals surface area contributed by atoms with Crippen molar-refractivity contribution in [1.29, 1.82) is 0 Å². The number of nitrogens with zero attached hydrogens (tertiary/aromatic N) is 2. The van der Waals surface area contributed by atoms with Gasteiger partial charge in [-0.3, -0.25) is 9.69 Å². The molecule has 6 nitrogen and oxygen atoms in total. The number of benzene rings is 2. The van der Waals surface area contributed by atoms with E-state index in [9.17, 15) is 4.79 Å². The van der Waals surface area contributed by atoms with Crippen LogP contribution in [0.25, 0.3) is 0 Å². The van der Waals surface area contributed by atoms with Crippen molar-refractivity contribution >= 4 is 40.5 Å². The number of ether oxygens (including phenoxy) is 3. The molecule has 0 spiro atoms. The smallest absolute Gasteiger partial charge is 0.252 e. The number of anilines is 1. The summed E-state index contributed by atoms with van der Waals surface area (Å²) in [5.41, 5.74) is 2.49. The number of carbonyl (C=O) groups excluding carboxylic acids is 1. The van der Waals surface area contributed by atoms with Crippen LogP contribution in [-0.2, 0) is 11.3 Å². The van der Waals surface area contributed by atoms with Crippen molar-refractivity contribution in [2.24, 2.45) is 0 Å². The molecule has 28 heavy (non-hydrogen) atoms. The molecule has 0 N–H and O–H groups in total. The maximum absolute atomic E-state index is 12.6. The zero-order chi connectivity index (χ0) is 20.4. The second-order valence-electron chi connectivity index (χ2n) is 6.33. The summed E-state index contributed by atoms with van der Waals surface area (Å²) < 4.78 is 16.2. The number of amides is 1. The average molecular weight is 421 g/mol. The Morgan fingerprint density at radius 1 is 1.07 bits per heavy atom. The Hall–Kier alpha value is -2.51. The van der Waals surface area contributed by atoms with Gasteiger partial charge >= 0.3 is 0 Å². The van der Waals surface area contributed by atoms with Crippen molar-refractivity contribution < 1.29 is 19.0 Å². The van der Waals surface area contributed by atoms with E-state index in [1.54, 1.807) is 33.5 Å². The number of hydrogen-bond donors (Lipinski definition) is 0. The first-order valence-corrected chi connectivity index (χ1v) is 9.35. The maximum Gasteiger partial charge on any atom is 0.252 e. The van der Waals surface area contributed by atoms with Gasteiger partial charge in [-0.15, -0.1) is 0 Å². The summed E-state index contributed by atoms with van der Waals surface area (Å²) in [5, 5.41) is 1.09. The fourth-order valence-corrected chi connectivity index (χ4v) is 3.60. The van der Waals surface area contributed by atoms with Gasteiger partial charge in [0.25, 0.3) is 5.91 Å². The minimum atomic E-state index is -0.0841. The molecule has 1 amide bonds. The van der Waals surface area contributed by atoms with Crippen LogP contribution in [0.2, 0.25) is 5.02 Å². The van der Waals surface area contributed by atoms with Crippen molar-refractivity contribution in [3.8, 4) is 17.2 Å². The predicted octanol–water partition coefficient (Wildman–Crippen LogP) is 3.81. The van der Waals surface area contributed by atoms with E-state index in [2.05, 4.69) is 0 Å². The van der Waals surface area contributed by atoms with Gasteiger partial charge in [0, 0.05) is 11.6 Å². The van der Waals surface area contributed by atoms with Crippen LogP contribution in [0, 0.1) is 6.92 Å². The zero-order valence-electron chi connectivity index (χ0n) is 16.1. The lowest BCUT2D eigenvalue weighted by Crippen LogP contribution is -2.32. The molecule has 2 aromatic carbocycles. The number of carbonyl (C=O) groups is 1. The highest BCUT2D eigenvalue weighted by molar-refractivity contribution is 7.80. The Balaban J connectivity index is 1.87. The number of hydrogen-bond acceptors (Lipinski definition) is 5. The van der Waals surface area contributed by atoms with E-state index in [0.717, 1.165) is 11.1 Å². The minimum Gasteiger partial charge on any atom is -0.493 e. The SMILES string of the molecule is COc1cc(CN2CC(=O)N(c3ccc(Cl)c(C)c3)C2=S)cc(OC)c1OC. The van der Waals surface area contributed by atoms with E-state index >= 15 is 0 Å². The Morgan fingerprint density at radius 3 is 2.25 bits per heavy atom. The predicted molar refractivity (Wildman–Crippen MR) is 113 cm³/mol. The first-order valence-electron chi connectivity index (χ1n) is 8.56. The highest BCUT2D eigenvalue weighted by atomic mass is 35.5. The van der Waals surface area contributed by atoms with E-state index in [1.165, 1.54) is 4.90 Å². The van der Waals surface area contributed by atoms with Gasteiger partial charge in [-0.2, -0.15) is 0 Å². The Bertz CT molecular complexity index is 909. The van der Waals surface area contributed by atoms with Gasteiger partial charge in [-0.1, -0.05) is 11.6 Å². The van der Waals surface area contributed by atoms with Crippen molar-refractivity contribution in [1.82, 2.24) is 4.90 Å². The van der Waals surface area contributed by atoms with Crippen LogP contribution in [0.5, 0.6) is 17.2 Å². The van der Waals surface area contributed by atoms with Crippen LogP contribution in [0.3, 0.4) is 0 Å². The summed E-state index contributed by atoms with van der Waals surface area (Å²) in [6.07, 6.45) is 0. The molecular formula is C20H21ClN2O4S. The van der Waals surface area contributed by atoms with Crippen LogP contribution in [0.15, 0.2) is 30.3 Å². The lowest BCUT2D eigenvalue weighted by atomic mass is 10.1. The second-order valence-corrected chi connectivity index (χ2v) is 7.11. The fraction of sp³-hybridized carbons (Fsp3) is 0.300. The average Bonchev–Trinajstić information content (AvgIpc) is 2.96.